The van der Waals surface area contributed by atoms with Crippen LogP contribution in [-0.2, 0) is 13.0 Å². The molecule has 1 aliphatic heterocycles. The van der Waals surface area contributed by atoms with E-state index in [1.807, 2.05) is 13.8 Å². The third-order valence-corrected chi connectivity index (χ3v) is 3.91. The molecule has 0 aromatic heterocycles. The molecule has 2 aromatic carbocycles. The minimum absolute atomic E-state index is 0.422. The maximum Gasteiger partial charge on any atom is 0.121 e. The number of hydrogen-bond donors (Lipinski definition) is 1. The van der Waals surface area contributed by atoms with Gasteiger partial charge < -0.3 is 10.0 Å². The lowest BCUT2D eigenvalue weighted by Gasteiger charge is -2.20. The lowest BCUT2D eigenvalue weighted by molar-refractivity contribution is 0.466. The van der Waals surface area contributed by atoms with E-state index in [1.54, 1.807) is 0 Å². The first-order valence-corrected chi connectivity index (χ1v) is 6.77. The van der Waals surface area contributed by atoms with Gasteiger partial charge in [-0.25, -0.2) is 0 Å². The molecule has 0 radical (unpaired) electrons. The fraction of sp³-hybridized carbons (Fsp3) is 0.294. The van der Waals surface area contributed by atoms with Crippen LogP contribution in [0.2, 0.25) is 0 Å². The van der Waals surface area contributed by atoms with Crippen molar-refractivity contribution in [3.63, 3.8) is 0 Å². The summed E-state index contributed by atoms with van der Waals surface area (Å²) in [6, 6.07) is 12.8. The maximum absolute atomic E-state index is 9.84. The Kier molecular flexibility index (Phi) is 2.94. The molecular formula is C17H19NO. The van der Waals surface area contributed by atoms with Gasteiger partial charge in [0.25, 0.3) is 0 Å². The van der Waals surface area contributed by atoms with Gasteiger partial charge >= 0.3 is 0 Å². The summed E-state index contributed by atoms with van der Waals surface area (Å²) in [5.41, 5.74) is 5.98. The first kappa shape index (κ1) is 12.1. The van der Waals surface area contributed by atoms with E-state index in [9.17, 15) is 5.11 Å². The van der Waals surface area contributed by atoms with Crippen LogP contribution in [0.25, 0.3) is 0 Å². The van der Waals surface area contributed by atoms with Crippen LogP contribution in [0.1, 0.15) is 22.3 Å². The van der Waals surface area contributed by atoms with E-state index in [-0.39, 0.29) is 0 Å². The van der Waals surface area contributed by atoms with Crippen molar-refractivity contribution in [2.24, 2.45) is 0 Å². The molecule has 1 N–H and O–H groups in total. The summed E-state index contributed by atoms with van der Waals surface area (Å²) in [7, 11) is 0. The zero-order valence-corrected chi connectivity index (χ0v) is 11.5. The summed E-state index contributed by atoms with van der Waals surface area (Å²) in [4.78, 5) is 2.42. The van der Waals surface area contributed by atoms with Crippen LogP contribution in [0.5, 0.6) is 5.75 Å². The van der Waals surface area contributed by atoms with Crippen LogP contribution in [-0.4, -0.2) is 11.7 Å². The summed E-state index contributed by atoms with van der Waals surface area (Å²) in [5.74, 6) is 0.422. The zero-order chi connectivity index (χ0) is 13.4. The van der Waals surface area contributed by atoms with Gasteiger partial charge in [0.2, 0.25) is 0 Å². The molecule has 98 valence electrons. The topological polar surface area (TPSA) is 23.5 Å². The maximum atomic E-state index is 9.84. The van der Waals surface area contributed by atoms with Crippen molar-refractivity contribution in [3.8, 4) is 5.75 Å². The van der Waals surface area contributed by atoms with Gasteiger partial charge in [-0.15, -0.1) is 0 Å². The molecule has 0 bridgehead atoms. The van der Waals surface area contributed by atoms with Crippen molar-refractivity contribution >= 4 is 5.69 Å². The second-order valence-corrected chi connectivity index (χ2v) is 5.38. The van der Waals surface area contributed by atoms with Crippen LogP contribution in [0.15, 0.2) is 36.4 Å². The molecule has 19 heavy (non-hydrogen) atoms. The Balaban J connectivity index is 1.87. The number of phenols is 1. The molecule has 0 aliphatic carbocycles. The van der Waals surface area contributed by atoms with Crippen LogP contribution in [0.4, 0.5) is 5.69 Å². The number of nitrogens with zero attached hydrogens (tertiary/aromatic N) is 1. The molecule has 0 unspecified atom stereocenters. The van der Waals surface area contributed by atoms with Gasteiger partial charge in [0.15, 0.2) is 0 Å². The summed E-state index contributed by atoms with van der Waals surface area (Å²) in [6.07, 6.45) is 1.13. The molecule has 2 aromatic rings. The van der Waals surface area contributed by atoms with E-state index in [2.05, 4.69) is 41.3 Å². The number of aryl methyl sites for hydroxylation is 2. The number of rotatable bonds is 2. The molecular weight excluding hydrogens is 234 g/mol. The predicted octanol–water partition coefficient (Wildman–Crippen LogP) is 3.57. The Morgan fingerprint density at radius 3 is 2.53 bits per heavy atom. The third kappa shape index (κ3) is 2.19. The minimum Gasteiger partial charge on any atom is -0.507 e. The van der Waals surface area contributed by atoms with Crippen molar-refractivity contribution in [1.82, 2.24) is 0 Å². The number of fused-ring (bicyclic) bond motifs is 1. The number of phenolic OH excluding ortho intramolecular Hbond substituents is 1. The van der Waals surface area contributed by atoms with Gasteiger partial charge in [0.1, 0.15) is 5.75 Å². The second kappa shape index (κ2) is 4.61. The Bertz CT molecular complexity index is 595. The van der Waals surface area contributed by atoms with E-state index in [0.717, 1.165) is 30.6 Å². The SMILES string of the molecule is Cc1cc(CN2CCc3ccccc32)cc(C)c1O. The van der Waals surface area contributed by atoms with Crippen molar-refractivity contribution in [2.75, 3.05) is 11.4 Å². The number of anilines is 1. The van der Waals surface area contributed by atoms with E-state index in [1.165, 1.54) is 16.8 Å². The highest BCUT2D eigenvalue weighted by Gasteiger charge is 2.18. The normalized spacial score (nSPS) is 13.7. The molecule has 0 saturated carbocycles. The highest BCUT2D eigenvalue weighted by atomic mass is 16.3. The van der Waals surface area contributed by atoms with Crippen LogP contribution in [0.3, 0.4) is 0 Å². The Morgan fingerprint density at radius 2 is 1.79 bits per heavy atom. The first-order valence-electron chi connectivity index (χ1n) is 6.77. The largest absolute Gasteiger partial charge is 0.507 e. The highest BCUT2D eigenvalue weighted by molar-refractivity contribution is 5.58. The van der Waals surface area contributed by atoms with Crippen molar-refractivity contribution < 1.29 is 5.11 Å². The van der Waals surface area contributed by atoms with Crippen LogP contribution in [0, 0.1) is 13.8 Å². The number of para-hydroxylation sites is 1. The zero-order valence-electron chi connectivity index (χ0n) is 11.5. The monoisotopic (exact) mass is 253 g/mol. The first-order chi connectivity index (χ1) is 9.15. The molecule has 0 amide bonds. The molecule has 1 heterocycles. The van der Waals surface area contributed by atoms with Gasteiger partial charge in [0, 0.05) is 18.8 Å². The van der Waals surface area contributed by atoms with Crippen molar-refractivity contribution in [3.05, 3.63) is 58.7 Å². The fourth-order valence-corrected chi connectivity index (χ4v) is 2.93. The fourth-order valence-electron chi connectivity index (χ4n) is 2.93. The van der Waals surface area contributed by atoms with Crippen molar-refractivity contribution in [1.29, 1.82) is 0 Å². The smallest absolute Gasteiger partial charge is 0.121 e. The van der Waals surface area contributed by atoms with Gasteiger partial charge in [-0.3, -0.25) is 0 Å². The van der Waals surface area contributed by atoms with Gasteiger partial charge in [-0.05, 0) is 48.6 Å². The second-order valence-electron chi connectivity index (χ2n) is 5.38. The predicted molar refractivity (Wildman–Crippen MR) is 78.8 cm³/mol. The lowest BCUT2D eigenvalue weighted by Crippen LogP contribution is -2.19. The van der Waals surface area contributed by atoms with Crippen LogP contribution < -0.4 is 4.90 Å². The molecule has 0 saturated heterocycles. The number of aromatic hydroxyl groups is 1. The van der Waals surface area contributed by atoms with E-state index in [0.29, 0.717) is 5.75 Å². The molecule has 2 heteroatoms. The average Bonchev–Trinajstić information content (AvgIpc) is 2.79. The molecule has 1 aliphatic rings. The van der Waals surface area contributed by atoms with Gasteiger partial charge in [-0.1, -0.05) is 30.3 Å². The lowest BCUT2D eigenvalue weighted by atomic mass is 10.1. The molecule has 0 fully saturated rings. The van der Waals surface area contributed by atoms with Crippen LogP contribution >= 0.6 is 0 Å². The minimum atomic E-state index is 0.422. The molecule has 3 rings (SSSR count). The number of hydrogen-bond acceptors (Lipinski definition) is 2. The molecule has 0 atom stereocenters. The number of benzene rings is 2. The summed E-state index contributed by atoms with van der Waals surface area (Å²) < 4.78 is 0. The van der Waals surface area contributed by atoms with Gasteiger partial charge in [-0.2, -0.15) is 0 Å². The Morgan fingerprint density at radius 1 is 1.11 bits per heavy atom. The summed E-state index contributed by atoms with van der Waals surface area (Å²) >= 11 is 0. The molecule has 2 nitrogen and oxygen atoms in total. The van der Waals surface area contributed by atoms with E-state index < -0.39 is 0 Å². The standard InChI is InChI=1S/C17H19NO/c1-12-9-14(10-13(2)17(12)19)11-18-8-7-15-5-3-4-6-16(15)18/h3-6,9-10,19H,7-8,11H2,1-2H3. The Labute approximate surface area is 114 Å². The van der Waals surface area contributed by atoms with Crippen molar-refractivity contribution in [2.45, 2.75) is 26.8 Å². The third-order valence-electron chi connectivity index (χ3n) is 3.91. The molecule has 0 spiro atoms. The van der Waals surface area contributed by atoms with Gasteiger partial charge in [0.05, 0.1) is 0 Å². The highest BCUT2D eigenvalue weighted by Crippen LogP contribution is 2.30. The quantitative estimate of drug-likeness (QED) is 0.884. The van der Waals surface area contributed by atoms with E-state index >= 15 is 0 Å². The Hall–Kier alpha value is -1.96. The average molecular weight is 253 g/mol. The van der Waals surface area contributed by atoms with E-state index in [4.69, 9.17) is 0 Å². The summed E-state index contributed by atoms with van der Waals surface area (Å²) in [6.45, 7) is 5.92. The summed E-state index contributed by atoms with van der Waals surface area (Å²) in [5, 5.41) is 9.84.